The number of nitrogens with zero attached hydrogens (tertiary/aromatic N) is 4. The van der Waals surface area contributed by atoms with E-state index in [1.807, 2.05) is 48.7 Å². The van der Waals surface area contributed by atoms with Crippen LogP contribution in [0.4, 0.5) is 11.6 Å². The molecule has 5 heterocycles. The molecule has 1 amide bonds. The molecule has 0 radical (unpaired) electrons. The molecule has 0 aromatic carbocycles. The predicted octanol–water partition coefficient (Wildman–Crippen LogP) is 6.20. The number of ether oxygens (including phenoxy) is 2. The third kappa shape index (κ3) is 6.49. The van der Waals surface area contributed by atoms with Crippen molar-refractivity contribution in [1.29, 1.82) is 0 Å². The maximum Gasteiger partial charge on any atom is 0.265 e. The summed E-state index contributed by atoms with van der Waals surface area (Å²) in [6, 6.07) is 15.5. The van der Waals surface area contributed by atoms with Crippen molar-refractivity contribution in [2.75, 3.05) is 16.8 Å². The quantitative estimate of drug-likeness (QED) is 0.338. The smallest absolute Gasteiger partial charge is 0.265 e. The van der Waals surface area contributed by atoms with E-state index in [4.69, 9.17) is 19.4 Å². The minimum atomic E-state index is -0.205. The Hall–Kier alpha value is -3.37. The molecule has 1 saturated carbocycles. The van der Waals surface area contributed by atoms with Crippen molar-refractivity contribution in [2.45, 2.75) is 94.7 Å². The highest BCUT2D eigenvalue weighted by Gasteiger charge is 2.41. The van der Waals surface area contributed by atoms with Crippen LogP contribution in [0.1, 0.15) is 81.9 Å². The van der Waals surface area contributed by atoms with Crippen molar-refractivity contribution >= 4 is 29.5 Å². The van der Waals surface area contributed by atoms with E-state index in [0.29, 0.717) is 28.2 Å². The summed E-state index contributed by atoms with van der Waals surface area (Å²) in [5.74, 6) is 2.20. The molecule has 0 spiro atoms. The summed E-state index contributed by atoms with van der Waals surface area (Å²) < 4.78 is 15.2. The lowest BCUT2D eigenvalue weighted by Gasteiger charge is -2.37. The Balaban J connectivity index is 1.29. The average molecular weight is 589 g/mol. The van der Waals surface area contributed by atoms with Gasteiger partial charge in [-0.2, -0.15) is 4.98 Å². The SMILES string of the molecule is CC(C)O[C@H]1C[C@@H](Oc2ccc3c(n2)N2C[C@@H](CC[C@H](c4ccccn4)Nc4cccc(n4)SNC3=O)CC2(C)C)C1. The van der Waals surface area contributed by atoms with Gasteiger partial charge in [-0.15, -0.1) is 0 Å². The van der Waals surface area contributed by atoms with Crippen LogP contribution in [0.15, 0.2) is 59.8 Å². The van der Waals surface area contributed by atoms with E-state index in [9.17, 15) is 4.79 Å². The fourth-order valence-corrected chi connectivity index (χ4v) is 6.87. The van der Waals surface area contributed by atoms with Gasteiger partial charge < -0.3 is 19.7 Å². The average Bonchev–Trinajstić information content (AvgIpc) is 3.26. The van der Waals surface area contributed by atoms with E-state index < -0.39 is 0 Å². The number of anilines is 2. The van der Waals surface area contributed by atoms with Gasteiger partial charge in [0.25, 0.3) is 5.91 Å². The Bertz CT molecular complexity index is 1400. The zero-order valence-electron chi connectivity index (χ0n) is 24.7. The summed E-state index contributed by atoms with van der Waals surface area (Å²) in [6.45, 7) is 9.41. The maximum absolute atomic E-state index is 13.6. The second-order valence-electron chi connectivity index (χ2n) is 12.5. The van der Waals surface area contributed by atoms with Gasteiger partial charge in [0.05, 0.1) is 29.5 Å². The van der Waals surface area contributed by atoms with E-state index in [0.717, 1.165) is 50.2 Å². The molecule has 3 aliphatic rings. The number of pyridine rings is 3. The third-order valence-corrected chi connectivity index (χ3v) is 9.04. The monoisotopic (exact) mass is 588 g/mol. The fraction of sp³-hybridized carbons (Fsp3) is 0.500. The van der Waals surface area contributed by atoms with Gasteiger partial charge in [0.2, 0.25) is 5.88 Å². The first-order valence-electron chi connectivity index (χ1n) is 15.0. The van der Waals surface area contributed by atoms with Crippen molar-refractivity contribution in [2.24, 2.45) is 5.92 Å². The lowest BCUT2D eigenvalue weighted by Crippen LogP contribution is -2.41. The Labute approximate surface area is 252 Å². The van der Waals surface area contributed by atoms with Crippen LogP contribution in [0.25, 0.3) is 0 Å². The van der Waals surface area contributed by atoms with Gasteiger partial charge in [-0.25, -0.2) is 4.98 Å². The zero-order chi connectivity index (χ0) is 29.3. The first kappa shape index (κ1) is 28.7. The number of amides is 1. The molecule has 1 saturated heterocycles. The summed E-state index contributed by atoms with van der Waals surface area (Å²) >= 11 is 1.20. The molecule has 6 rings (SSSR count). The molecule has 2 atom stereocenters. The normalized spacial score (nSPS) is 25.4. The van der Waals surface area contributed by atoms with Crippen LogP contribution in [0.3, 0.4) is 0 Å². The molecule has 3 aromatic heterocycles. The first-order valence-corrected chi connectivity index (χ1v) is 15.8. The van der Waals surface area contributed by atoms with Crippen LogP contribution in [0.5, 0.6) is 5.88 Å². The summed E-state index contributed by atoms with van der Waals surface area (Å²) in [5, 5.41) is 4.31. The summed E-state index contributed by atoms with van der Waals surface area (Å²) in [4.78, 5) is 30.3. The molecule has 222 valence electrons. The highest BCUT2D eigenvalue weighted by molar-refractivity contribution is 7.97. The first-order chi connectivity index (χ1) is 20.2. The molecule has 42 heavy (non-hydrogen) atoms. The Morgan fingerprint density at radius 2 is 1.88 bits per heavy atom. The van der Waals surface area contributed by atoms with Crippen LogP contribution in [0, 0.1) is 5.92 Å². The molecule has 3 aromatic rings. The number of rotatable bonds is 5. The standard InChI is InChI=1S/C32H40N6O3S/c1-20(2)40-22-16-23(17-22)41-28-14-12-24-30(36-28)38-19-21(18-32(38,3)4)11-13-26(25-8-5-6-15-33-25)34-27-9-7-10-29(35-27)42-37-31(24)39/h5-10,12,14-15,20-23,26H,11,13,16-19H2,1-4H3,(H,34,35)(H,37,39)/t21-,22-,23+,26+/m0/s1. The Morgan fingerprint density at radius 1 is 1.02 bits per heavy atom. The number of aromatic nitrogens is 3. The molecule has 0 unspecified atom stereocenters. The van der Waals surface area contributed by atoms with E-state index in [2.05, 4.69) is 53.7 Å². The third-order valence-electron chi connectivity index (χ3n) is 8.32. The minimum Gasteiger partial charge on any atom is -0.474 e. The Kier molecular flexibility index (Phi) is 8.27. The largest absolute Gasteiger partial charge is 0.474 e. The molecule has 10 heteroatoms. The molecule has 4 bridgehead atoms. The molecular weight excluding hydrogens is 548 g/mol. The molecule has 2 fully saturated rings. The van der Waals surface area contributed by atoms with E-state index in [-0.39, 0.29) is 35.8 Å². The number of carbonyl (C=O) groups excluding carboxylic acids is 1. The summed E-state index contributed by atoms with van der Waals surface area (Å²) in [6.07, 6.45) is 6.95. The van der Waals surface area contributed by atoms with Gasteiger partial charge in [0.1, 0.15) is 22.8 Å². The van der Waals surface area contributed by atoms with Crippen LogP contribution in [-0.2, 0) is 4.74 Å². The molecule has 2 aliphatic heterocycles. The van der Waals surface area contributed by atoms with E-state index in [1.54, 1.807) is 0 Å². The number of carbonyl (C=O) groups is 1. The van der Waals surface area contributed by atoms with Crippen molar-refractivity contribution in [3.05, 3.63) is 66.0 Å². The van der Waals surface area contributed by atoms with Gasteiger partial charge >= 0.3 is 0 Å². The van der Waals surface area contributed by atoms with Crippen LogP contribution in [0.2, 0.25) is 0 Å². The highest BCUT2D eigenvalue weighted by Crippen LogP contribution is 2.41. The lowest BCUT2D eigenvalue weighted by atomic mass is 9.91. The second-order valence-corrected chi connectivity index (χ2v) is 13.3. The Morgan fingerprint density at radius 3 is 2.67 bits per heavy atom. The van der Waals surface area contributed by atoms with Crippen molar-refractivity contribution in [3.63, 3.8) is 0 Å². The maximum atomic E-state index is 13.6. The molecule has 1 aliphatic carbocycles. The fourth-order valence-electron chi connectivity index (χ4n) is 6.28. The van der Waals surface area contributed by atoms with Crippen molar-refractivity contribution < 1.29 is 14.3 Å². The minimum absolute atomic E-state index is 0.0206. The summed E-state index contributed by atoms with van der Waals surface area (Å²) in [5.41, 5.74) is 1.35. The molecule has 2 N–H and O–H groups in total. The second kappa shape index (κ2) is 12.1. The van der Waals surface area contributed by atoms with Gasteiger partial charge in [-0.3, -0.25) is 14.5 Å². The molecule has 9 nitrogen and oxygen atoms in total. The van der Waals surface area contributed by atoms with E-state index in [1.165, 1.54) is 11.9 Å². The van der Waals surface area contributed by atoms with Gasteiger partial charge in [0, 0.05) is 49.1 Å². The van der Waals surface area contributed by atoms with Crippen LogP contribution in [-0.4, -0.2) is 51.3 Å². The topological polar surface area (TPSA) is 102 Å². The van der Waals surface area contributed by atoms with E-state index >= 15 is 0 Å². The van der Waals surface area contributed by atoms with Crippen molar-refractivity contribution in [3.8, 4) is 5.88 Å². The number of fused-ring (bicyclic) bond motifs is 6. The van der Waals surface area contributed by atoms with Gasteiger partial charge in [-0.05, 0) is 83.2 Å². The lowest BCUT2D eigenvalue weighted by molar-refractivity contribution is -0.0859. The predicted molar refractivity (Wildman–Crippen MR) is 165 cm³/mol. The van der Waals surface area contributed by atoms with Gasteiger partial charge in [-0.1, -0.05) is 12.1 Å². The van der Waals surface area contributed by atoms with Gasteiger partial charge in [0.15, 0.2) is 0 Å². The van der Waals surface area contributed by atoms with Crippen molar-refractivity contribution in [1.82, 2.24) is 19.7 Å². The number of nitrogens with one attached hydrogen (secondary N) is 2. The number of hydrogen-bond donors (Lipinski definition) is 2. The molecular formula is C32H40N6O3S. The zero-order valence-corrected chi connectivity index (χ0v) is 25.6. The van der Waals surface area contributed by atoms with Crippen LogP contribution >= 0.6 is 11.9 Å². The number of hydrogen-bond acceptors (Lipinski definition) is 9. The summed E-state index contributed by atoms with van der Waals surface area (Å²) in [7, 11) is 0. The van der Waals surface area contributed by atoms with Crippen LogP contribution < -0.4 is 19.7 Å². The highest BCUT2D eigenvalue weighted by atomic mass is 32.2.